The maximum atomic E-state index is 13.0. The zero-order chi connectivity index (χ0) is 50.4. The Kier molecular flexibility index (Phi) is 15.6. The number of phenols is 1. The van der Waals surface area contributed by atoms with Gasteiger partial charge in [0.05, 0.1) is 97.0 Å². The molecule has 3 heterocycles. The van der Waals surface area contributed by atoms with Gasteiger partial charge in [0, 0.05) is 33.0 Å². The molecule has 70 heavy (non-hydrogen) atoms. The zero-order valence-electron chi connectivity index (χ0n) is 39.9. The molecule has 0 spiro atoms. The van der Waals surface area contributed by atoms with Crippen molar-refractivity contribution in [3.63, 3.8) is 0 Å². The molecule has 0 amide bonds. The molecule has 1 aliphatic carbocycles. The first-order valence-electron chi connectivity index (χ1n) is 22.3. The van der Waals surface area contributed by atoms with Crippen molar-refractivity contribution in [2.24, 2.45) is 0 Å². The van der Waals surface area contributed by atoms with Crippen LogP contribution in [0.25, 0.3) is 27.6 Å². The summed E-state index contributed by atoms with van der Waals surface area (Å²) in [5, 5.41) is 23.4. The summed E-state index contributed by atoms with van der Waals surface area (Å²) in [5.41, 5.74) is 1.99. The SMILES string of the molecule is CCC[C@@H]1O[C@H]2CC(=O)O[C@H]2C2=C1C(=O)c1c(O)cccc1C2=O.COC(=O)C/C=C/c1cc(OC)c2c(OC)cccc2c1OC.COc1c([C@@H]2OC(=O)C[C@@H]2O)cc(OC)c2c(OC)cccc12. The Morgan fingerprint density at radius 2 is 1.27 bits per heavy atom. The summed E-state index contributed by atoms with van der Waals surface area (Å²) in [4.78, 5) is 60.3. The fraction of sp³-hybridized carbons (Fsp3) is 0.340. The lowest BCUT2D eigenvalue weighted by Crippen LogP contribution is -2.45. The van der Waals surface area contributed by atoms with Gasteiger partial charge in [-0.05, 0) is 36.8 Å². The number of hydrogen-bond donors (Lipinski definition) is 2. The first-order valence-corrected chi connectivity index (χ1v) is 22.3. The van der Waals surface area contributed by atoms with Gasteiger partial charge in [0.25, 0.3) is 0 Å². The molecule has 5 aromatic rings. The van der Waals surface area contributed by atoms with E-state index < -0.39 is 48.2 Å². The molecule has 2 fully saturated rings. The summed E-state index contributed by atoms with van der Waals surface area (Å²) < 4.78 is 54.0. The van der Waals surface area contributed by atoms with Crippen LogP contribution in [0.5, 0.6) is 40.2 Å². The van der Waals surface area contributed by atoms with Gasteiger partial charge in [-0.2, -0.15) is 0 Å². The molecule has 2 N–H and O–H groups in total. The number of carbonyl (C=O) groups is 5. The molecule has 0 saturated carbocycles. The molecule has 17 nitrogen and oxygen atoms in total. The van der Waals surface area contributed by atoms with Gasteiger partial charge in [0.1, 0.15) is 52.5 Å². The lowest BCUT2D eigenvalue weighted by Gasteiger charge is -2.36. The standard InChI is InChI=1S/C18H16O6.C18H20O5.C17H18O6/c1-2-4-10-14-15(18-11(23-10)7-12(20)24-18)16(21)8-5-3-6-9(19)13(8)17(14)22;1-20-14-9-6-8-13-17(14)15(21-2)11-12(18(13)23-4)7-5-10-16(19)22-3;1-20-12-6-4-5-9-15(12)13(21-2)7-10(16(9)22-3)17-11(18)8-14(19)23-17/h3,5-6,10-11,18-19H,2,4,7H2,1H3;5-9,11H,10H2,1-4H3;4-7,11,17-18H,8H2,1-3H3/b;7-5+;/t10-,11-,18+;;11-,17-/m0.0/s1. The van der Waals surface area contributed by atoms with E-state index in [4.69, 9.17) is 42.6 Å². The topological polar surface area (TPSA) is 218 Å². The van der Waals surface area contributed by atoms with Crippen LogP contribution in [0.4, 0.5) is 0 Å². The number of phenolic OH excluding ortho intramolecular Hbond substituents is 1. The Balaban J connectivity index is 0.000000155. The molecule has 0 aromatic heterocycles. The second-order valence-electron chi connectivity index (χ2n) is 16.3. The quantitative estimate of drug-likeness (QED) is 0.0908. The van der Waals surface area contributed by atoms with Gasteiger partial charge in [-0.15, -0.1) is 0 Å². The predicted molar refractivity (Wildman–Crippen MR) is 254 cm³/mol. The first-order chi connectivity index (χ1) is 33.8. The largest absolute Gasteiger partial charge is 0.507 e. The maximum absolute atomic E-state index is 13.0. The van der Waals surface area contributed by atoms with Crippen LogP contribution in [0, 0.1) is 0 Å². The molecule has 368 valence electrons. The number of aliphatic hydroxyl groups is 1. The van der Waals surface area contributed by atoms with Crippen LogP contribution in [0.2, 0.25) is 0 Å². The number of rotatable bonds is 12. The number of fused-ring (bicyclic) bond motifs is 5. The van der Waals surface area contributed by atoms with Crippen molar-refractivity contribution < 1.29 is 81.6 Å². The summed E-state index contributed by atoms with van der Waals surface area (Å²) in [6, 6.07) is 19.2. The van der Waals surface area contributed by atoms with E-state index in [1.54, 1.807) is 47.7 Å². The highest BCUT2D eigenvalue weighted by Gasteiger charge is 2.52. The Labute approximate surface area is 403 Å². The van der Waals surface area contributed by atoms with Crippen molar-refractivity contribution >= 4 is 57.1 Å². The lowest BCUT2D eigenvalue weighted by atomic mass is 9.76. The molecule has 4 aliphatic rings. The zero-order valence-corrected chi connectivity index (χ0v) is 39.9. The highest BCUT2D eigenvalue weighted by molar-refractivity contribution is 6.29. The molecule has 5 aromatic carbocycles. The van der Waals surface area contributed by atoms with E-state index in [0.29, 0.717) is 46.5 Å². The van der Waals surface area contributed by atoms with Crippen LogP contribution < -0.4 is 28.4 Å². The van der Waals surface area contributed by atoms with Gasteiger partial charge in [-0.25, -0.2) is 0 Å². The van der Waals surface area contributed by atoms with Crippen LogP contribution in [0.1, 0.15) is 77.0 Å². The normalized spacial score (nSPS) is 20.0. The van der Waals surface area contributed by atoms with Crippen molar-refractivity contribution in [3.8, 4) is 40.2 Å². The second-order valence-corrected chi connectivity index (χ2v) is 16.3. The summed E-state index contributed by atoms with van der Waals surface area (Å²) in [6.07, 6.45) is 1.46. The molecule has 0 unspecified atom stereocenters. The number of aliphatic hydroxyl groups excluding tert-OH is 1. The molecule has 17 heteroatoms. The predicted octanol–water partition coefficient (Wildman–Crippen LogP) is 7.61. The second kappa shape index (κ2) is 21.8. The summed E-state index contributed by atoms with van der Waals surface area (Å²) in [5.74, 6) is 1.63. The van der Waals surface area contributed by atoms with Crippen molar-refractivity contribution in [1.29, 1.82) is 0 Å². The number of Topliss-reactive ketones (excluding diaryl/α,β-unsaturated/α-hetero) is 2. The Morgan fingerprint density at radius 3 is 1.84 bits per heavy atom. The average Bonchev–Trinajstić information content (AvgIpc) is 3.92. The fourth-order valence-corrected chi connectivity index (χ4v) is 9.20. The minimum Gasteiger partial charge on any atom is -0.507 e. The third-order valence-electron chi connectivity index (χ3n) is 12.3. The van der Waals surface area contributed by atoms with Gasteiger partial charge >= 0.3 is 17.9 Å². The summed E-state index contributed by atoms with van der Waals surface area (Å²) in [7, 11) is 10.9. The molecule has 5 atom stereocenters. The van der Waals surface area contributed by atoms with Gasteiger partial charge < -0.3 is 57.6 Å². The van der Waals surface area contributed by atoms with Gasteiger partial charge in [0.15, 0.2) is 23.8 Å². The van der Waals surface area contributed by atoms with E-state index in [9.17, 15) is 34.2 Å². The molecule has 9 rings (SSSR count). The van der Waals surface area contributed by atoms with E-state index in [2.05, 4.69) is 4.74 Å². The average molecular weight is 963 g/mol. The maximum Gasteiger partial charge on any atom is 0.309 e. The number of esters is 3. The number of cyclic esters (lactones) is 1. The van der Waals surface area contributed by atoms with E-state index in [1.165, 1.54) is 32.4 Å². The Hall–Kier alpha value is -7.63. The van der Waals surface area contributed by atoms with E-state index in [1.807, 2.05) is 55.5 Å². The Morgan fingerprint density at radius 1 is 0.686 bits per heavy atom. The fourth-order valence-electron chi connectivity index (χ4n) is 9.20. The molecular formula is C53H54O17. The number of benzene rings is 5. The number of aromatic hydroxyl groups is 1. The minimum absolute atomic E-state index is 0.00808. The van der Waals surface area contributed by atoms with Crippen LogP contribution in [-0.2, 0) is 33.3 Å². The van der Waals surface area contributed by atoms with Crippen molar-refractivity contribution in [2.75, 3.05) is 49.8 Å². The molecular weight excluding hydrogens is 909 g/mol. The van der Waals surface area contributed by atoms with E-state index in [0.717, 1.165) is 33.5 Å². The number of ether oxygens (including phenoxy) is 10. The molecule has 2 saturated heterocycles. The van der Waals surface area contributed by atoms with Gasteiger partial charge in [-0.3, -0.25) is 24.0 Å². The highest BCUT2D eigenvalue weighted by atomic mass is 16.6. The number of hydrogen-bond acceptors (Lipinski definition) is 17. The lowest BCUT2D eigenvalue weighted by molar-refractivity contribution is -0.142. The number of methoxy groups -OCH3 is 7. The van der Waals surface area contributed by atoms with E-state index in [-0.39, 0.29) is 59.0 Å². The van der Waals surface area contributed by atoms with Crippen molar-refractivity contribution in [1.82, 2.24) is 0 Å². The third-order valence-corrected chi connectivity index (χ3v) is 12.3. The minimum atomic E-state index is -0.913. The van der Waals surface area contributed by atoms with Gasteiger partial charge in [-0.1, -0.05) is 61.9 Å². The molecule has 3 aliphatic heterocycles. The van der Waals surface area contributed by atoms with Crippen LogP contribution in [-0.4, -0.2) is 114 Å². The first kappa shape index (κ1) is 50.3. The van der Waals surface area contributed by atoms with Crippen LogP contribution in [0.15, 0.2) is 84.0 Å². The van der Waals surface area contributed by atoms with Crippen LogP contribution >= 0.6 is 0 Å². The highest BCUT2D eigenvalue weighted by Crippen LogP contribution is 2.47. The molecule has 0 bridgehead atoms. The van der Waals surface area contributed by atoms with Gasteiger partial charge in [0.2, 0.25) is 0 Å². The third kappa shape index (κ3) is 9.54. The molecule has 0 radical (unpaired) electrons. The monoisotopic (exact) mass is 962 g/mol. The summed E-state index contributed by atoms with van der Waals surface area (Å²) >= 11 is 0. The van der Waals surface area contributed by atoms with Crippen LogP contribution in [0.3, 0.4) is 0 Å². The van der Waals surface area contributed by atoms with Crippen molar-refractivity contribution in [2.45, 2.75) is 69.5 Å². The van der Waals surface area contributed by atoms with E-state index >= 15 is 0 Å². The van der Waals surface area contributed by atoms with Crippen molar-refractivity contribution in [3.05, 3.63) is 106 Å². The number of carbonyl (C=O) groups excluding carboxylic acids is 5. The smallest absolute Gasteiger partial charge is 0.309 e. The Bertz CT molecular complexity index is 2920. The summed E-state index contributed by atoms with van der Waals surface area (Å²) in [6.45, 7) is 1.95. The number of ketones is 2.